The van der Waals surface area contributed by atoms with Crippen LogP contribution in [-0.4, -0.2) is 29.8 Å². The molecular weight excluding hydrogens is 444 g/mol. The highest BCUT2D eigenvalue weighted by Crippen LogP contribution is 2.36. The fourth-order valence-electron chi connectivity index (χ4n) is 3.76. The molecule has 0 aromatic heterocycles. The molecule has 3 aromatic rings. The molecule has 2 aliphatic rings. The molecule has 6 heteroatoms. The molecule has 0 fully saturated rings. The quantitative estimate of drug-likeness (QED) is 0.536. The van der Waals surface area contributed by atoms with Gasteiger partial charge < -0.3 is 9.47 Å². The average molecular weight is 463 g/mol. The van der Waals surface area contributed by atoms with Crippen molar-refractivity contribution < 1.29 is 14.3 Å². The van der Waals surface area contributed by atoms with Crippen molar-refractivity contribution in [3.63, 3.8) is 0 Å². The summed E-state index contributed by atoms with van der Waals surface area (Å²) in [6, 6.07) is 23.2. The summed E-state index contributed by atoms with van der Waals surface area (Å²) in [6.45, 7) is 0.996. The summed E-state index contributed by atoms with van der Waals surface area (Å²) >= 11 is 3.47. The summed E-state index contributed by atoms with van der Waals surface area (Å²) in [5, 5.41) is 6.34. The number of ether oxygens (including phenoxy) is 2. The highest BCUT2D eigenvalue weighted by molar-refractivity contribution is 9.10. The van der Waals surface area contributed by atoms with Crippen molar-refractivity contribution in [3.05, 3.63) is 94.0 Å². The van der Waals surface area contributed by atoms with E-state index < -0.39 is 0 Å². The van der Waals surface area contributed by atoms with E-state index in [0.717, 1.165) is 21.3 Å². The molecule has 0 saturated carbocycles. The number of nitrogens with zero attached hydrogens (tertiary/aromatic N) is 2. The van der Waals surface area contributed by atoms with Crippen LogP contribution >= 0.6 is 15.9 Å². The van der Waals surface area contributed by atoms with Crippen LogP contribution in [0.25, 0.3) is 0 Å². The van der Waals surface area contributed by atoms with E-state index in [9.17, 15) is 4.79 Å². The number of hydrazone groups is 1. The van der Waals surface area contributed by atoms with Gasteiger partial charge in [-0.2, -0.15) is 5.10 Å². The number of halogens is 1. The van der Waals surface area contributed by atoms with Gasteiger partial charge in [-0.25, -0.2) is 5.01 Å². The van der Waals surface area contributed by atoms with Gasteiger partial charge in [0.05, 0.1) is 11.8 Å². The van der Waals surface area contributed by atoms with Crippen LogP contribution in [0.4, 0.5) is 0 Å². The van der Waals surface area contributed by atoms with E-state index in [1.807, 2.05) is 54.6 Å². The summed E-state index contributed by atoms with van der Waals surface area (Å²) in [4.78, 5) is 13.5. The molecule has 150 valence electrons. The van der Waals surface area contributed by atoms with Crippen LogP contribution < -0.4 is 9.47 Å². The lowest BCUT2D eigenvalue weighted by Crippen LogP contribution is -2.27. The molecule has 1 atom stereocenters. The molecule has 1 amide bonds. The van der Waals surface area contributed by atoms with E-state index in [4.69, 9.17) is 14.6 Å². The Morgan fingerprint density at radius 1 is 0.933 bits per heavy atom. The molecule has 2 heterocycles. The van der Waals surface area contributed by atoms with Crippen LogP contribution in [0.3, 0.4) is 0 Å². The largest absolute Gasteiger partial charge is 0.486 e. The second-order valence-electron chi connectivity index (χ2n) is 7.19. The normalized spacial score (nSPS) is 17.6. The summed E-state index contributed by atoms with van der Waals surface area (Å²) in [5.41, 5.74) is 3.49. The van der Waals surface area contributed by atoms with E-state index in [1.54, 1.807) is 23.2 Å². The maximum Gasteiger partial charge on any atom is 0.274 e. The highest BCUT2D eigenvalue weighted by atomic mass is 79.9. The minimum Gasteiger partial charge on any atom is -0.486 e. The number of rotatable bonds is 3. The molecule has 1 unspecified atom stereocenters. The first-order valence-electron chi connectivity index (χ1n) is 9.80. The highest BCUT2D eigenvalue weighted by Gasteiger charge is 2.34. The van der Waals surface area contributed by atoms with Crippen molar-refractivity contribution >= 4 is 27.5 Å². The maximum atomic E-state index is 13.5. The van der Waals surface area contributed by atoms with Crippen molar-refractivity contribution in [1.82, 2.24) is 5.01 Å². The first kappa shape index (κ1) is 18.9. The van der Waals surface area contributed by atoms with Gasteiger partial charge in [0.15, 0.2) is 11.5 Å². The van der Waals surface area contributed by atoms with Crippen molar-refractivity contribution in [3.8, 4) is 11.5 Å². The number of hydrogen-bond acceptors (Lipinski definition) is 4. The molecule has 2 aliphatic heterocycles. The fourth-order valence-corrected chi connectivity index (χ4v) is 4.02. The molecule has 0 aliphatic carbocycles. The lowest BCUT2D eigenvalue weighted by atomic mass is 9.98. The Morgan fingerprint density at radius 2 is 1.67 bits per heavy atom. The molecule has 0 radical (unpaired) electrons. The van der Waals surface area contributed by atoms with E-state index >= 15 is 0 Å². The summed E-state index contributed by atoms with van der Waals surface area (Å²) in [6.07, 6.45) is 0.655. The number of amides is 1. The van der Waals surface area contributed by atoms with Gasteiger partial charge in [-0.15, -0.1) is 0 Å². The Balaban J connectivity index is 1.51. The molecule has 0 spiro atoms. The minimum absolute atomic E-state index is 0.159. The minimum atomic E-state index is -0.162. The third-order valence-electron chi connectivity index (χ3n) is 5.27. The van der Waals surface area contributed by atoms with Crippen LogP contribution in [0, 0.1) is 0 Å². The Hall–Kier alpha value is -3.12. The van der Waals surface area contributed by atoms with Crippen molar-refractivity contribution in [1.29, 1.82) is 0 Å². The third kappa shape index (κ3) is 3.59. The molecule has 3 aromatic carbocycles. The van der Waals surface area contributed by atoms with Gasteiger partial charge in [-0.1, -0.05) is 58.4 Å². The summed E-state index contributed by atoms with van der Waals surface area (Å²) in [5.74, 6) is 1.10. The summed E-state index contributed by atoms with van der Waals surface area (Å²) < 4.78 is 12.2. The number of fused-ring (bicyclic) bond motifs is 1. The zero-order valence-corrected chi connectivity index (χ0v) is 17.7. The van der Waals surface area contributed by atoms with E-state index in [1.165, 1.54) is 0 Å². The molecule has 0 bridgehead atoms. The number of carbonyl (C=O) groups excluding carboxylic acids is 1. The lowest BCUT2D eigenvalue weighted by Gasteiger charge is -2.23. The van der Waals surface area contributed by atoms with Crippen LogP contribution in [0.2, 0.25) is 0 Å². The zero-order valence-electron chi connectivity index (χ0n) is 16.1. The van der Waals surface area contributed by atoms with Gasteiger partial charge in [-0.05, 0) is 41.5 Å². The lowest BCUT2D eigenvalue weighted by molar-refractivity contribution is 0.0710. The molecule has 5 nitrogen and oxygen atoms in total. The van der Waals surface area contributed by atoms with Gasteiger partial charge in [0, 0.05) is 16.5 Å². The van der Waals surface area contributed by atoms with E-state index in [0.29, 0.717) is 36.7 Å². The second-order valence-corrected chi connectivity index (χ2v) is 8.11. The van der Waals surface area contributed by atoms with Crippen LogP contribution in [-0.2, 0) is 0 Å². The first-order valence-corrected chi connectivity index (χ1v) is 10.6. The van der Waals surface area contributed by atoms with Crippen molar-refractivity contribution in [2.45, 2.75) is 12.5 Å². The molecule has 30 heavy (non-hydrogen) atoms. The van der Waals surface area contributed by atoms with Gasteiger partial charge in [-0.3, -0.25) is 4.79 Å². The van der Waals surface area contributed by atoms with Crippen molar-refractivity contribution in [2.24, 2.45) is 5.10 Å². The molecule has 0 N–H and O–H groups in total. The number of benzene rings is 3. The third-order valence-corrected chi connectivity index (χ3v) is 5.80. The fraction of sp³-hybridized carbons (Fsp3) is 0.167. The second kappa shape index (κ2) is 7.95. The Bertz CT molecular complexity index is 1110. The van der Waals surface area contributed by atoms with Crippen LogP contribution in [0.1, 0.15) is 33.9 Å². The Labute approximate surface area is 183 Å². The van der Waals surface area contributed by atoms with E-state index in [-0.39, 0.29) is 11.9 Å². The monoisotopic (exact) mass is 462 g/mol. The average Bonchev–Trinajstić information content (AvgIpc) is 3.25. The predicted octanol–water partition coefficient (Wildman–Crippen LogP) is 5.21. The van der Waals surface area contributed by atoms with Gasteiger partial charge in [0.1, 0.15) is 13.2 Å². The maximum absolute atomic E-state index is 13.5. The van der Waals surface area contributed by atoms with Gasteiger partial charge in [0.2, 0.25) is 0 Å². The van der Waals surface area contributed by atoms with Gasteiger partial charge in [0.25, 0.3) is 5.91 Å². The Morgan fingerprint density at radius 3 is 2.43 bits per heavy atom. The Kier molecular flexibility index (Phi) is 5.01. The van der Waals surface area contributed by atoms with Crippen LogP contribution in [0.5, 0.6) is 11.5 Å². The summed E-state index contributed by atoms with van der Waals surface area (Å²) in [7, 11) is 0. The SMILES string of the molecule is O=C(c1ccc2c(c1)OCCO2)N1N=C(c2ccc(Br)cc2)CC1c1ccccc1. The smallest absolute Gasteiger partial charge is 0.274 e. The number of carbonyl (C=O) groups is 1. The standard InChI is InChI=1S/C24H19BrN2O3/c25-19-9-6-16(7-10-19)20-15-21(17-4-2-1-3-5-17)27(26-20)24(28)18-8-11-22-23(14-18)30-13-12-29-22/h1-11,14,21H,12-13,15H2. The van der Waals surface area contributed by atoms with Crippen molar-refractivity contribution in [2.75, 3.05) is 13.2 Å². The molecule has 0 saturated heterocycles. The molecular formula is C24H19BrN2O3. The number of hydrogen-bond donors (Lipinski definition) is 0. The topological polar surface area (TPSA) is 51.1 Å². The molecule has 5 rings (SSSR count). The van der Waals surface area contributed by atoms with Crippen LogP contribution in [0.15, 0.2) is 82.4 Å². The van der Waals surface area contributed by atoms with Gasteiger partial charge >= 0.3 is 0 Å². The first-order chi connectivity index (χ1) is 14.7. The zero-order chi connectivity index (χ0) is 20.5. The predicted molar refractivity (Wildman–Crippen MR) is 118 cm³/mol. The van der Waals surface area contributed by atoms with E-state index in [2.05, 4.69) is 15.9 Å².